The number of aliphatic hydroxyl groups is 3. The molecule has 2 atom stereocenters. The number of hydrogen-bond acceptors (Lipinski definition) is 3. The van der Waals surface area contributed by atoms with Crippen LogP contribution in [-0.2, 0) is 0 Å². The van der Waals surface area contributed by atoms with Gasteiger partial charge in [0.1, 0.15) is 0 Å². The maximum absolute atomic E-state index is 10.4. The maximum atomic E-state index is 10.4. The van der Waals surface area contributed by atoms with Crippen molar-refractivity contribution in [2.24, 2.45) is 0 Å². The lowest BCUT2D eigenvalue weighted by Crippen LogP contribution is -2.01. The minimum atomic E-state index is -0.514. The van der Waals surface area contributed by atoms with E-state index in [9.17, 15) is 10.2 Å². The summed E-state index contributed by atoms with van der Waals surface area (Å²) in [6, 6.07) is 7.82. The van der Waals surface area contributed by atoms with Crippen LogP contribution in [0.25, 0.3) is 6.08 Å². The SMILES string of the molecule is CCCCCCCCC(O)/C=C/C=C/c1ccccc1C(O)CCCCO. The molecule has 3 N–H and O–H groups in total. The maximum Gasteiger partial charge on any atom is 0.0795 e. The highest BCUT2D eigenvalue weighted by Gasteiger charge is 2.09. The molecule has 0 aliphatic heterocycles. The van der Waals surface area contributed by atoms with E-state index in [-0.39, 0.29) is 12.7 Å². The Bertz CT molecular complexity index is 536. The Hall–Kier alpha value is -1.42. The molecule has 0 aromatic heterocycles. The van der Waals surface area contributed by atoms with Crippen molar-refractivity contribution in [2.75, 3.05) is 6.61 Å². The Labute approximate surface area is 165 Å². The fraction of sp³-hybridized carbons (Fsp3) is 0.583. The van der Waals surface area contributed by atoms with Crippen molar-refractivity contribution in [3.8, 4) is 0 Å². The summed E-state index contributed by atoms with van der Waals surface area (Å²) < 4.78 is 0. The third kappa shape index (κ3) is 11.1. The molecule has 0 saturated carbocycles. The second-order valence-corrected chi connectivity index (χ2v) is 7.23. The van der Waals surface area contributed by atoms with Gasteiger partial charge in [0.25, 0.3) is 0 Å². The quantitative estimate of drug-likeness (QED) is 0.278. The highest BCUT2D eigenvalue weighted by molar-refractivity contribution is 5.55. The summed E-state index contributed by atoms with van der Waals surface area (Å²) in [5, 5.41) is 29.3. The zero-order valence-electron chi connectivity index (χ0n) is 16.9. The van der Waals surface area contributed by atoms with Crippen LogP contribution in [-0.4, -0.2) is 28.0 Å². The molecule has 27 heavy (non-hydrogen) atoms. The van der Waals surface area contributed by atoms with Crippen LogP contribution in [0.3, 0.4) is 0 Å². The van der Waals surface area contributed by atoms with Crippen LogP contribution in [0.5, 0.6) is 0 Å². The fourth-order valence-corrected chi connectivity index (χ4v) is 3.15. The normalized spacial score (nSPS) is 14.2. The van der Waals surface area contributed by atoms with Gasteiger partial charge in [-0.3, -0.25) is 0 Å². The second kappa shape index (κ2) is 15.6. The topological polar surface area (TPSA) is 60.7 Å². The Kier molecular flexibility index (Phi) is 13.7. The van der Waals surface area contributed by atoms with E-state index < -0.39 is 6.10 Å². The second-order valence-electron chi connectivity index (χ2n) is 7.23. The van der Waals surface area contributed by atoms with Crippen LogP contribution >= 0.6 is 0 Å². The van der Waals surface area contributed by atoms with Crippen LogP contribution in [0.4, 0.5) is 0 Å². The highest BCUT2D eigenvalue weighted by Crippen LogP contribution is 2.23. The number of allylic oxidation sites excluding steroid dienone is 2. The molecular formula is C24H38O3. The van der Waals surface area contributed by atoms with Crippen molar-refractivity contribution in [3.63, 3.8) is 0 Å². The van der Waals surface area contributed by atoms with E-state index in [1.807, 2.05) is 48.6 Å². The molecular weight excluding hydrogens is 336 g/mol. The molecule has 0 aliphatic carbocycles. The van der Waals surface area contributed by atoms with Crippen LogP contribution in [0.1, 0.15) is 88.4 Å². The molecule has 152 valence electrons. The van der Waals surface area contributed by atoms with Gasteiger partial charge < -0.3 is 15.3 Å². The van der Waals surface area contributed by atoms with Crippen molar-refractivity contribution < 1.29 is 15.3 Å². The first-order chi connectivity index (χ1) is 13.2. The van der Waals surface area contributed by atoms with E-state index in [2.05, 4.69) is 6.92 Å². The van der Waals surface area contributed by atoms with Crippen molar-refractivity contribution >= 4 is 6.08 Å². The lowest BCUT2D eigenvalue weighted by Gasteiger charge is -2.13. The number of benzene rings is 1. The van der Waals surface area contributed by atoms with Gasteiger partial charge in [-0.1, -0.05) is 94.0 Å². The summed E-state index contributed by atoms with van der Waals surface area (Å²) >= 11 is 0. The predicted octanol–water partition coefficient (Wildman–Crippen LogP) is 5.56. The van der Waals surface area contributed by atoms with Gasteiger partial charge in [-0.05, 0) is 36.8 Å². The van der Waals surface area contributed by atoms with E-state index in [1.165, 1.54) is 32.1 Å². The van der Waals surface area contributed by atoms with Gasteiger partial charge in [0.15, 0.2) is 0 Å². The minimum Gasteiger partial charge on any atom is -0.396 e. The van der Waals surface area contributed by atoms with Crippen molar-refractivity contribution in [3.05, 3.63) is 53.6 Å². The van der Waals surface area contributed by atoms with Gasteiger partial charge >= 0.3 is 0 Å². The van der Waals surface area contributed by atoms with Gasteiger partial charge in [-0.2, -0.15) is 0 Å². The lowest BCUT2D eigenvalue weighted by molar-refractivity contribution is 0.159. The standard InChI is InChI=1S/C24H38O3/c1-2-3-4-5-6-7-16-22(26)17-10-8-14-21-15-9-11-18-23(21)24(27)19-12-13-20-25/h8-11,14-15,17-18,22,24-27H,2-7,12-13,16,19-20H2,1H3/b14-8+,17-10+. The van der Waals surface area contributed by atoms with E-state index >= 15 is 0 Å². The van der Waals surface area contributed by atoms with Crippen LogP contribution in [0.15, 0.2) is 42.5 Å². The fourth-order valence-electron chi connectivity index (χ4n) is 3.15. The largest absolute Gasteiger partial charge is 0.396 e. The number of hydrogen-bond donors (Lipinski definition) is 3. The molecule has 3 heteroatoms. The Morgan fingerprint density at radius 2 is 1.56 bits per heavy atom. The van der Waals surface area contributed by atoms with Gasteiger partial charge in [-0.15, -0.1) is 0 Å². The lowest BCUT2D eigenvalue weighted by atomic mass is 9.98. The van der Waals surface area contributed by atoms with Crippen molar-refractivity contribution in [2.45, 2.75) is 83.3 Å². The van der Waals surface area contributed by atoms with Crippen LogP contribution in [0, 0.1) is 0 Å². The van der Waals surface area contributed by atoms with Gasteiger partial charge in [0.05, 0.1) is 12.2 Å². The van der Waals surface area contributed by atoms with E-state index in [0.29, 0.717) is 12.8 Å². The summed E-state index contributed by atoms with van der Waals surface area (Å²) in [6.45, 7) is 2.39. The minimum absolute atomic E-state index is 0.167. The molecule has 1 rings (SSSR count). The smallest absolute Gasteiger partial charge is 0.0795 e. The van der Waals surface area contributed by atoms with Gasteiger partial charge in [0, 0.05) is 6.61 Å². The van der Waals surface area contributed by atoms with Crippen LogP contribution in [0.2, 0.25) is 0 Å². The Morgan fingerprint density at radius 3 is 2.33 bits per heavy atom. The molecule has 1 aromatic rings. The van der Waals surface area contributed by atoms with Gasteiger partial charge in [0.2, 0.25) is 0 Å². The molecule has 0 radical (unpaired) electrons. The summed E-state index contributed by atoms with van der Waals surface area (Å²) in [5.41, 5.74) is 1.90. The predicted molar refractivity (Wildman–Crippen MR) is 115 cm³/mol. The Morgan fingerprint density at radius 1 is 0.852 bits per heavy atom. The molecule has 0 fully saturated rings. The van der Waals surface area contributed by atoms with Crippen molar-refractivity contribution in [1.29, 1.82) is 0 Å². The summed E-state index contributed by atoms with van der Waals surface area (Å²) in [5.74, 6) is 0. The molecule has 1 aromatic carbocycles. The van der Waals surface area contributed by atoms with E-state index in [4.69, 9.17) is 5.11 Å². The first-order valence-electron chi connectivity index (χ1n) is 10.6. The molecule has 0 heterocycles. The number of rotatable bonds is 15. The average Bonchev–Trinajstić information content (AvgIpc) is 2.68. The van der Waals surface area contributed by atoms with E-state index in [1.54, 1.807) is 0 Å². The summed E-state index contributed by atoms with van der Waals surface area (Å²) in [7, 11) is 0. The molecule has 0 spiro atoms. The first-order valence-corrected chi connectivity index (χ1v) is 10.6. The molecule has 2 unspecified atom stereocenters. The summed E-state index contributed by atoms with van der Waals surface area (Å²) in [6.07, 6.45) is 17.1. The Balaban J connectivity index is 2.42. The average molecular weight is 375 g/mol. The highest BCUT2D eigenvalue weighted by atomic mass is 16.3. The zero-order valence-corrected chi connectivity index (χ0v) is 16.9. The molecule has 0 bridgehead atoms. The third-order valence-corrected chi connectivity index (χ3v) is 4.81. The monoisotopic (exact) mass is 374 g/mol. The van der Waals surface area contributed by atoms with Gasteiger partial charge in [-0.25, -0.2) is 0 Å². The van der Waals surface area contributed by atoms with Crippen LogP contribution < -0.4 is 0 Å². The molecule has 3 nitrogen and oxygen atoms in total. The van der Waals surface area contributed by atoms with E-state index in [0.717, 1.165) is 30.4 Å². The molecule has 0 aliphatic rings. The third-order valence-electron chi connectivity index (χ3n) is 4.81. The first kappa shape index (κ1) is 23.6. The number of aliphatic hydroxyl groups excluding tert-OH is 3. The summed E-state index contributed by atoms with van der Waals surface area (Å²) in [4.78, 5) is 0. The number of unbranched alkanes of at least 4 members (excludes halogenated alkanes) is 6. The molecule has 0 saturated heterocycles. The zero-order chi connectivity index (χ0) is 19.7. The molecule has 0 amide bonds. The van der Waals surface area contributed by atoms with Crippen molar-refractivity contribution in [1.82, 2.24) is 0 Å².